The highest BCUT2D eigenvalue weighted by Gasteiger charge is 2.21. The van der Waals surface area contributed by atoms with Crippen molar-refractivity contribution in [2.75, 3.05) is 6.54 Å². The minimum absolute atomic E-state index is 0.0173. The van der Waals surface area contributed by atoms with Crippen LogP contribution < -0.4 is 11.1 Å². The van der Waals surface area contributed by atoms with E-state index in [1.807, 2.05) is 13.8 Å². The van der Waals surface area contributed by atoms with Gasteiger partial charge in [0.1, 0.15) is 6.26 Å². The maximum absolute atomic E-state index is 11.8. The molecule has 7 nitrogen and oxygen atoms in total. The van der Waals surface area contributed by atoms with Crippen molar-refractivity contribution in [1.82, 2.24) is 5.32 Å². The summed E-state index contributed by atoms with van der Waals surface area (Å²) in [6, 6.07) is 1.22. The lowest BCUT2D eigenvalue weighted by atomic mass is 9.97. The summed E-state index contributed by atoms with van der Waals surface area (Å²) in [5.74, 6) is -2.79. The van der Waals surface area contributed by atoms with Gasteiger partial charge in [-0.15, -0.1) is 0 Å². The van der Waals surface area contributed by atoms with Crippen LogP contribution in [0.4, 0.5) is 0 Å². The third-order valence-corrected chi connectivity index (χ3v) is 2.72. The van der Waals surface area contributed by atoms with Crippen LogP contribution in [0.1, 0.15) is 41.2 Å². The number of primary amides is 1. The Kier molecular flexibility index (Phi) is 5.31. The molecule has 110 valence electrons. The average Bonchev–Trinajstić information content (AvgIpc) is 2.82. The Morgan fingerprint density at radius 1 is 1.40 bits per heavy atom. The van der Waals surface area contributed by atoms with Crippen LogP contribution in [-0.4, -0.2) is 29.4 Å². The molecule has 0 aliphatic heterocycles. The van der Waals surface area contributed by atoms with Crippen molar-refractivity contribution in [3.8, 4) is 0 Å². The molecule has 4 N–H and O–H groups in total. The van der Waals surface area contributed by atoms with Gasteiger partial charge in [0, 0.05) is 12.6 Å². The first-order chi connectivity index (χ1) is 9.31. The van der Waals surface area contributed by atoms with E-state index in [4.69, 9.17) is 15.3 Å². The number of carboxylic acids is 1. The van der Waals surface area contributed by atoms with Gasteiger partial charge >= 0.3 is 5.97 Å². The lowest BCUT2D eigenvalue weighted by molar-refractivity contribution is -0.142. The Balaban J connectivity index is 2.60. The van der Waals surface area contributed by atoms with Crippen LogP contribution in [0, 0.1) is 11.8 Å². The van der Waals surface area contributed by atoms with Crippen LogP contribution in [0.15, 0.2) is 16.7 Å². The lowest BCUT2D eigenvalue weighted by Crippen LogP contribution is -2.33. The number of carboxylic acid groups (broad SMARTS) is 1. The van der Waals surface area contributed by atoms with Gasteiger partial charge < -0.3 is 20.6 Å². The van der Waals surface area contributed by atoms with Crippen molar-refractivity contribution < 1.29 is 23.9 Å². The van der Waals surface area contributed by atoms with Crippen molar-refractivity contribution >= 4 is 17.8 Å². The van der Waals surface area contributed by atoms with Crippen LogP contribution in [0.3, 0.4) is 0 Å². The largest absolute Gasteiger partial charge is 0.481 e. The molecule has 20 heavy (non-hydrogen) atoms. The SMILES string of the molecule is CC(C)CC(CNC(=O)c1coc(C(N)=O)c1)C(=O)O. The van der Waals surface area contributed by atoms with E-state index in [0.29, 0.717) is 6.42 Å². The molecule has 0 fully saturated rings. The Hall–Kier alpha value is -2.31. The monoisotopic (exact) mass is 282 g/mol. The third-order valence-electron chi connectivity index (χ3n) is 2.72. The average molecular weight is 282 g/mol. The number of hydrogen-bond donors (Lipinski definition) is 3. The number of aliphatic carboxylic acids is 1. The first kappa shape index (κ1) is 15.7. The maximum atomic E-state index is 11.8. The molecule has 7 heteroatoms. The first-order valence-corrected chi connectivity index (χ1v) is 6.20. The van der Waals surface area contributed by atoms with E-state index < -0.39 is 23.7 Å². The molecule has 0 aliphatic carbocycles. The van der Waals surface area contributed by atoms with E-state index in [1.54, 1.807) is 0 Å². The van der Waals surface area contributed by atoms with E-state index >= 15 is 0 Å². The summed E-state index contributed by atoms with van der Waals surface area (Å²) in [6.07, 6.45) is 1.57. The van der Waals surface area contributed by atoms with Gasteiger partial charge in [0.15, 0.2) is 5.76 Å². The van der Waals surface area contributed by atoms with Gasteiger partial charge in [-0.05, 0) is 12.3 Å². The molecule has 1 rings (SSSR count). The van der Waals surface area contributed by atoms with Crippen molar-refractivity contribution in [2.45, 2.75) is 20.3 Å². The highest BCUT2D eigenvalue weighted by Crippen LogP contribution is 2.12. The summed E-state index contributed by atoms with van der Waals surface area (Å²) in [6.45, 7) is 3.84. The predicted octanol–water partition coefficient (Wildman–Crippen LogP) is 0.855. The Bertz CT molecular complexity index is 507. The van der Waals surface area contributed by atoms with Crippen LogP contribution in [0.25, 0.3) is 0 Å². The Morgan fingerprint density at radius 2 is 2.05 bits per heavy atom. The second-order valence-electron chi connectivity index (χ2n) is 4.94. The Morgan fingerprint density at radius 3 is 2.50 bits per heavy atom. The molecule has 0 bridgehead atoms. The van der Waals surface area contributed by atoms with Gasteiger partial charge in [0.2, 0.25) is 0 Å². The fraction of sp³-hybridized carbons (Fsp3) is 0.462. The predicted molar refractivity (Wildman–Crippen MR) is 70.1 cm³/mol. The van der Waals surface area contributed by atoms with Gasteiger partial charge in [-0.1, -0.05) is 13.8 Å². The van der Waals surface area contributed by atoms with Gasteiger partial charge in [0.25, 0.3) is 11.8 Å². The number of carbonyl (C=O) groups excluding carboxylic acids is 2. The minimum Gasteiger partial charge on any atom is -0.481 e. The molecule has 0 spiro atoms. The van der Waals surface area contributed by atoms with E-state index in [-0.39, 0.29) is 23.8 Å². The normalized spacial score (nSPS) is 12.2. The van der Waals surface area contributed by atoms with E-state index in [1.165, 1.54) is 6.07 Å². The maximum Gasteiger partial charge on any atom is 0.308 e. The Labute approximate surface area is 116 Å². The van der Waals surface area contributed by atoms with Crippen LogP contribution in [0.2, 0.25) is 0 Å². The summed E-state index contributed by atoms with van der Waals surface area (Å²) >= 11 is 0. The number of furan rings is 1. The summed E-state index contributed by atoms with van der Waals surface area (Å²) in [5, 5.41) is 11.6. The summed E-state index contributed by atoms with van der Waals surface area (Å²) in [5.41, 5.74) is 5.13. The summed E-state index contributed by atoms with van der Waals surface area (Å²) in [4.78, 5) is 33.7. The number of carbonyl (C=O) groups is 3. The second-order valence-corrected chi connectivity index (χ2v) is 4.94. The van der Waals surface area contributed by atoms with Crippen molar-refractivity contribution in [1.29, 1.82) is 0 Å². The topological polar surface area (TPSA) is 123 Å². The van der Waals surface area contributed by atoms with Crippen LogP contribution >= 0.6 is 0 Å². The fourth-order valence-electron chi connectivity index (χ4n) is 1.74. The smallest absolute Gasteiger partial charge is 0.308 e. The van der Waals surface area contributed by atoms with Gasteiger partial charge in [-0.3, -0.25) is 14.4 Å². The number of amides is 2. The molecule has 0 aliphatic rings. The minimum atomic E-state index is -0.955. The van der Waals surface area contributed by atoms with E-state index in [2.05, 4.69) is 5.32 Å². The lowest BCUT2D eigenvalue weighted by Gasteiger charge is -2.14. The molecule has 0 saturated carbocycles. The second kappa shape index (κ2) is 6.74. The highest BCUT2D eigenvalue weighted by molar-refractivity contribution is 5.97. The zero-order valence-corrected chi connectivity index (χ0v) is 11.4. The standard InChI is InChI=1S/C13H18N2O5/c1-7(2)3-8(13(18)19)5-15-12(17)9-4-10(11(14)16)20-6-9/h4,6-8H,3,5H2,1-2H3,(H2,14,16)(H,15,17)(H,18,19). The molecule has 1 heterocycles. The molecule has 2 amide bonds. The van der Waals surface area contributed by atoms with Crippen molar-refractivity contribution in [3.05, 3.63) is 23.7 Å². The molecule has 0 radical (unpaired) electrons. The summed E-state index contributed by atoms with van der Waals surface area (Å²) in [7, 11) is 0. The van der Waals surface area contributed by atoms with Gasteiger partial charge in [-0.2, -0.15) is 0 Å². The molecular weight excluding hydrogens is 264 g/mol. The fourth-order valence-corrected chi connectivity index (χ4v) is 1.74. The zero-order chi connectivity index (χ0) is 15.3. The molecule has 1 aromatic rings. The zero-order valence-electron chi connectivity index (χ0n) is 11.4. The molecule has 1 atom stereocenters. The van der Waals surface area contributed by atoms with Crippen LogP contribution in [-0.2, 0) is 4.79 Å². The number of nitrogens with one attached hydrogen (secondary N) is 1. The van der Waals surface area contributed by atoms with E-state index in [0.717, 1.165) is 6.26 Å². The molecule has 0 aromatic carbocycles. The van der Waals surface area contributed by atoms with Crippen molar-refractivity contribution in [3.63, 3.8) is 0 Å². The first-order valence-electron chi connectivity index (χ1n) is 6.20. The molecule has 1 unspecified atom stereocenters. The molecule has 0 saturated heterocycles. The van der Waals surface area contributed by atoms with Crippen LogP contribution in [0.5, 0.6) is 0 Å². The third kappa shape index (κ3) is 4.42. The number of nitrogens with two attached hydrogens (primary N) is 1. The number of rotatable bonds is 7. The highest BCUT2D eigenvalue weighted by atomic mass is 16.4. The number of hydrogen-bond acceptors (Lipinski definition) is 4. The summed E-state index contributed by atoms with van der Waals surface area (Å²) < 4.78 is 4.81. The quantitative estimate of drug-likeness (QED) is 0.684. The van der Waals surface area contributed by atoms with Crippen molar-refractivity contribution in [2.24, 2.45) is 17.6 Å². The molecule has 1 aromatic heterocycles. The van der Waals surface area contributed by atoms with E-state index in [9.17, 15) is 14.4 Å². The van der Waals surface area contributed by atoms with Gasteiger partial charge in [0.05, 0.1) is 11.5 Å². The van der Waals surface area contributed by atoms with Gasteiger partial charge in [-0.25, -0.2) is 0 Å². The molecular formula is C13H18N2O5.